The van der Waals surface area contributed by atoms with Crippen LogP contribution in [0.2, 0.25) is 72.5 Å². The third kappa shape index (κ3) is 13.6. The van der Waals surface area contributed by atoms with Crippen LogP contribution in [0.3, 0.4) is 0 Å². The highest BCUT2D eigenvalue weighted by molar-refractivity contribution is 6.94. The van der Waals surface area contributed by atoms with E-state index in [9.17, 15) is 0 Å². The quantitative estimate of drug-likeness (QED) is 0.0518. The molecule has 9 heteroatoms. The van der Waals surface area contributed by atoms with Crippen molar-refractivity contribution in [2.45, 2.75) is 72.5 Å². The molecule has 0 saturated heterocycles. The van der Waals surface area contributed by atoms with Gasteiger partial charge in [0, 0.05) is 0 Å². The second kappa shape index (κ2) is 22.4. The molecule has 0 saturated carbocycles. The summed E-state index contributed by atoms with van der Waals surface area (Å²) in [6.07, 6.45) is 23.0. The standard InChI is InChI=1S/C36H60O4Si5/c1-13-25-41(26-14-2,27-15-3)37-45(38-42(28-16-4,29-17-5)30-18-6,39-43(31-19-7,32-20-8)33-21-9)40-44(34-22-10,35-23-11)36-24-12/h13-24H,1-12,25-36H2. The SMILES string of the molecule is C=CC[Si](CC=C)(CC=C)O[Si](O[Si](CC=C)(CC=C)CC=C)(O[Si](CC=C)(CC=C)CC=C)O[Si](CC=C)(CC=C)CC=C. The summed E-state index contributed by atoms with van der Waals surface area (Å²) in [5, 5.41) is 0. The Kier molecular flexibility index (Phi) is 21.3. The normalized spacial score (nSPS) is 12.3. The molecule has 4 nitrogen and oxygen atoms in total. The van der Waals surface area contributed by atoms with E-state index in [0.717, 1.165) is 0 Å². The van der Waals surface area contributed by atoms with Gasteiger partial charge in [0.25, 0.3) is 0 Å². The fraction of sp³-hybridized carbons (Fsp3) is 0.333. The molecular weight excluding hydrogens is 637 g/mol. The summed E-state index contributed by atoms with van der Waals surface area (Å²) in [4.78, 5) is 0. The minimum Gasteiger partial charge on any atom is -0.394 e. The van der Waals surface area contributed by atoms with E-state index in [1.54, 1.807) is 0 Å². The van der Waals surface area contributed by atoms with Gasteiger partial charge in [-0.05, 0) is 72.5 Å². The van der Waals surface area contributed by atoms with E-state index >= 15 is 0 Å². The third-order valence-electron chi connectivity index (χ3n) is 7.56. The second-order valence-corrected chi connectivity index (χ2v) is 30.2. The van der Waals surface area contributed by atoms with Crippen molar-refractivity contribution in [1.29, 1.82) is 0 Å². The lowest BCUT2D eigenvalue weighted by molar-refractivity contribution is 0.142. The lowest BCUT2D eigenvalue weighted by Gasteiger charge is -2.49. The van der Waals surface area contributed by atoms with E-state index in [1.165, 1.54) is 0 Å². The highest BCUT2D eigenvalue weighted by Crippen LogP contribution is 2.42. The molecule has 0 fully saturated rings. The van der Waals surface area contributed by atoms with E-state index in [4.69, 9.17) is 16.5 Å². The zero-order chi connectivity index (χ0) is 34.3. The molecule has 0 heterocycles. The predicted molar refractivity (Wildman–Crippen MR) is 213 cm³/mol. The van der Waals surface area contributed by atoms with Gasteiger partial charge in [0.2, 0.25) is 0 Å². The molecule has 45 heavy (non-hydrogen) atoms. The van der Waals surface area contributed by atoms with Gasteiger partial charge in [0.1, 0.15) is 0 Å². The summed E-state index contributed by atoms with van der Waals surface area (Å²) in [6.45, 7) is 49.4. The Hall–Kier alpha value is -2.20. The van der Waals surface area contributed by atoms with Crippen molar-refractivity contribution in [3.05, 3.63) is 152 Å². The van der Waals surface area contributed by atoms with E-state index in [1.807, 2.05) is 72.9 Å². The van der Waals surface area contributed by atoms with Gasteiger partial charge in [-0.1, -0.05) is 72.9 Å². The first-order chi connectivity index (χ1) is 21.6. The van der Waals surface area contributed by atoms with Gasteiger partial charge in [-0.3, -0.25) is 0 Å². The van der Waals surface area contributed by atoms with Crippen LogP contribution in [0.1, 0.15) is 0 Å². The van der Waals surface area contributed by atoms with Crippen molar-refractivity contribution in [3.63, 3.8) is 0 Å². The average Bonchev–Trinajstić information content (AvgIpc) is 2.94. The summed E-state index contributed by atoms with van der Waals surface area (Å²) in [5.74, 6) is 0. The molecule has 0 bridgehead atoms. The number of hydrogen-bond donors (Lipinski definition) is 0. The summed E-state index contributed by atoms with van der Waals surface area (Å²) in [7, 11) is -15.2. The lowest BCUT2D eigenvalue weighted by atomic mass is 10.7. The molecule has 0 atom stereocenters. The topological polar surface area (TPSA) is 36.9 Å². The number of allylic oxidation sites excluding steroid dienone is 12. The zero-order valence-electron chi connectivity index (χ0n) is 28.0. The molecule has 0 amide bonds. The first kappa shape index (κ1) is 42.8. The summed E-state index contributed by atoms with van der Waals surface area (Å²) in [5.41, 5.74) is 0. The monoisotopic (exact) mass is 696 g/mol. The minimum absolute atomic E-state index is 0.645. The highest BCUT2D eigenvalue weighted by Gasteiger charge is 2.62. The van der Waals surface area contributed by atoms with Crippen molar-refractivity contribution < 1.29 is 16.5 Å². The molecule has 0 aromatic carbocycles. The Balaban J connectivity index is 8.37. The van der Waals surface area contributed by atoms with E-state index in [0.29, 0.717) is 72.5 Å². The first-order valence-corrected chi connectivity index (χ1v) is 27.4. The van der Waals surface area contributed by atoms with Crippen LogP contribution in [0.25, 0.3) is 0 Å². The van der Waals surface area contributed by atoms with Crippen molar-refractivity contribution in [2.24, 2.45) is 0 Å². The van der Waals surface area contributed by atoms with Crippen LogP contribution in [0.5, 0.6) is 0 Å². The largest absolute Gasteiger partial charge is 0.637 e. The van der Waals surface area contributed by atoms with E-state index in [2.05, 4.69) is 78.9 Å². The number of hydrogen-bond acceptors (Lipinski definition) is 4. The Morgan fingerprint density at radius 2 is 0.356 bits per heavy atom. The van der Waals surface area contributed by atoms with Gasteiger partial charge < -0.3 is 16.5 Å². The van der Waals surface area contributed by atoms with Crippen LogP contribution >= 0.6 is 0 Å². The molecule has 0 rings (SSSR count). The van der Waals surface area contributed by atoms with Gasteiger partial charge in [-0.25, -0.2) is 0 Å². The molecule has 0 spiro atoms. The van der Waals surface area contributed by atoms with Crippen LogP contribution in [0.15, 0.2) is 152 Å². The van der Waals surface area contributed by atoms with E-state index in [-0.39, 0.29) is 0 Å². The maximum absolute atomic E-state index is 7.62. The molecule has 0 aliphatic heterocycles. The summed E-state index contributed by atoms with van der Waals surface area (Å²) < 4.78 is 30.5. The molecule has 0 radical (unpaired) electrons. The van der Waals surface area contributed by atoms with Gasteiger partial charge in [0.05, 0.1) is 0 Å². The van der Waals surface area contributed by atoms with Crippen molar-refractivity contribution in [2.75, 3.05) is 0 Å². The molecule has 0 aromatic heterocycles. The summed E-state index contributed by atoms with van der Waals surface area (Å²) >= 11 is 0. The fourth-order valence-corrected chi connectivity index (χ4v) is 29.9. The summed E-state index contributed by atoms with van der Waals surface area (Å²) in [6, 6.07) is 7.75. The van der Waals surface area contributed by atoms with Crippen LogP contribution in [0.4, 0.5) is 0 Å². The van der Waals surface area contributed by atoms with Gasteiger partial charge in [0.15, 0.2) is 33.3 Å². The first-order valence-electron chi connectivity index (χ1n) is 15.7. The third-order valence-corrected chi connectivity index (χ3v) is 30.9. The van der Waals surface area contributed by atoms with Gasteiger partial charge >= 0.3 is 9.05 Å². The van der Waals surface area contributed by atoms with Crippen molar-refractivity contribution >= 4 is 42.3 Å². The maximum atomic E-state index is 7.62. The van der Waals surface area contributed by atoms with Crippen LogP contribution < -0.4 is 0 Å². The van der Waals surface area contributed by atoms with Gasteiger partial charge in [-0.2, -0.15) is 0 Å². The molecule has 0 unspecified atom stereocenters. The predicted octanol–water partition coefficient (Wildman–Crippen LogP) is 11.5. The van der Waals surface area contributed by atoms with Crippen LogP contribution in [0, 0.1) is 0 Å². The average molecular weight is 697 g/mol. The Morgan fingerprint density at radius 3 is 0.444 bits per heavy atom. The van der Waals surface area contributed by atoms with Crippen LogP contribution in [-0.4, -0.2) is 42.3 Å². The Bertz CT molecular complexity index is 778. The zero-order valence-corrected chi connectivity index (χ0v) is 33.0. The van der Waals surface area contributed by atoms with Crippen LogP contribution in [-0.2, 0) is 16.5 Å². The van der Waals surface area contributed by atoms with Crippen molar-refractivity contribution in [3.8, 4) is 0 Å². The number of rotatable bonds is 32. The molecule has 248 valence electrons. The smallest absolute Gasteiger partial charge is 0.394 e. The Labute approximate surface area is 282 Å². The highest BCUT2D eigenvalue weighted by atomic mass is 28.5. The second-order valence-electron chi connectivity index (χ2n) is 11.6. The Morgan fingerprint density at radius 1 is 0.244 bits per heavy atom. The van der Waals surface area contributed by atoms with Gasteiger partial charge in [-0.15, -0.1) is 78.9 Å². The van der Waals surface area contributed by atoms with Crippen molar-refractivity contribution in [1.82, 2.24) is 0 Å². The minimum atomic E-state index is -4.11. The molecule has 0 aliphatic carbocycles. The molecule has 0 aromatic rings. The van der Waals surface area contributed by atoms with E-state index < -0.39 is 42.3 Å². The fourth-order valence-electron chi connectivity index (χ4n) is 5.84. The maximum Gasteiger partial charge on any atom is 0.637 e. The molecule has 0 aliphatic rings. The molecular formula is C36H60O4Si5. The lowest BCUT2D eigenvalue weighted by Crippen LogP contribution is -2.69. The molecule has 0 N–H and O–H groups in total.